The number of fused-ring (bicyclic) bond motifs is 7. The monoisotopic (exact) mass is 562 g/mol. The van der Waals surface area contributed by atoms with Crippen LogP contribution in [0, 0.1) is 0 Å². The predicted molar refractivity (Wildman–Crippen MR) is 183 cm³/mol. The summed E-state index contributed by atoms with van der Waals surface area (Å²) in [6.07, 6.45) is 8.21. The molecule has 4 heteroatoms. The average Bonchev–Trinajstić information content (AvgIpc) is 3.33. The van der Waals surface area contributed by atoms with Crippen molar-refractivity contribution >= 4 is 61.8 Å². The average molecular weight is 563 g/mol. The molecule has 0 saturated heterocycles. The molecule has 0 amide bonds. The van der Waals surface area contributed by atoms with E-state index in [1.54, 1.807) is 0 Å². The third kappa shape index (κ3) is 3.78. The number of hydrogen-bond donors (Lipinski definition) is 0. The van der Waals surface area contributed by atoms with Crippen molar-refractivity contribution in [1.29, 1.82) is 0 Å². The fourth-order valence-corrected chi connectivity index (χ4v) is 6.61. The highest BCUT2D eigenvalue weighted by atomic mass is 15.2. The second-order valence-electron chi connectivity index (χ2n) is 11.1. The van der Waals surface area contributed by atoms with Crippen molar-refractivity contribution < 1.29 is 0 Å². The highest BCUT2D eigenvalue weighted by molar-refractivity contribution is 6.15. The number of aromatic nitrogens is 3. The van der Waals surface area contributed by atoms with Gasteiger partial charge in [0, 0.05) is 27.6 Å². The van der Waals surface area contributed by atoms with E-state index in [2.05, 4.69) is 142 Å². The van der Waals surface area contributed by atoms with Gasteiger partial charge in [-0.1, -0.05) is 115 Å². The first-order valence-electron chi connectivity index (χ1n) is 14.8. The Morgan fingerprint density at radius 3 is 2.27 bits per heavy atom. The lowest BCUT2D eigenvalue weighted by molar-refractivity contribution is 1.04. The van der Waals surface area contributed by atoms with Crippen LogP contribution in [0.3, 0.4) is 0 Å². The summed E-state index contributed by atoms with van der Waals surface area (Å²) >= 11 is 0. The second kappa shape index (κ2) is 9.79. The molecule has 0 N–H and O–H groups in total. The molecule has 1 aliphatic heterocycles. The maximum Gasteiger partial charge on any atom is 0.156 e. The first kappa shape index (κ1) is 24.6. The first-order chi connectivity index (χ1) is 21.8. The lowest BCUT2D eigenvalue weighted by Crippen LogP contribution is -2.12. The van der Waals surface area contributed by atoms with Gasteiger partial charge in [0.15, 0.2) is 5.82 Å². The quantitative estimate of drug-likeness (QED) is 0.215. The summed E-state index contributed by atoms with van der Waals surface area (Å²) in [5.74, 6) is 0.790. The van der Waals surface area contributed by atoms with Crippen LogP contribution >= 0.6 is 0 Å². The van der Waals surface area contributed by atoms with Gasteiger partial charge in [-0.3, -0.25) is 9.55 Å². The van der Waals surface area contributed by atoms with Crippen LogP contribution < -0.4 is 4.90 Å². The Morgan fingerprint density at radius 1 is 0.545 bits per heavy atom. The van der Waals surface area contributed by atoms with Gasteiger partial charge in [-0.25, -0.2) is 4.98 Å². The van der Waals surface area contributed by atoms with Crippen LogP contribution in [-0.2, 0) is 0 Å². The zero-order chi connectivity index (χ0) is 29.0. The van der Waals surface area contributed by atoms with Gasteiger partial charge >= 0.3 is 0 Å². The zero-order valence-corrected chi connectivity index (χ0v) is 23.8. The number of nitrogens with zero attached hydrogens (tertiary/aromatic N) is 4. The minimum Gasteiger partial charge on any atom is -0.309 e. The molecule has 0 saturated carbocycles. The van der Waals surface area contributed by atoms with Crippen LogP contribution in [0.2, 0.25) is 0 Å². The summed E-state index contributed by atoms with van der Waals surface area (Å²) in [5, 5.41) is 4.81. The molecule has 8 aromatic rings. The van der Waals surface area contributed by atoms with Gasteiger partial charge in [-0.2, -0.15) is 0 Å². The lowest BCUT2D eigenvalue weighted by Gasteiger charge is -2.28. The number of hydrogen-bond acceptors (Lipinski definition) is 3. The Balaban J connectivity index is 1.36. The molecule has 206 valence electrons. The Labute approximate surface area is 254 Å². The Bertz CT molecular complexity index is 2400. The van der Waals surface area contributed by atoms with Crippen molar-refractivity contribution in [3.8, 4) is 17.1 Å². The van der Waals surface area contributed by atoms with E-state index >= 15 is 0 Å². The fourth-order valence-electron chi connectivity index (χ4n) is 6.61. The molecule has 0 spiro atoms. The van der Waals surface area contributed by atoms with Crippen molar-refractivity contribution in [3.05, 3.63) is 157 Å². The molecule has 9 rings (SSSR count). The minimum atomic E-state index is 0.790. The summed E-state index contributed by atoms with van der Waals surface area (Å²) in [5.41, 5.74) is 9.77. The van der Waals surface area contributed by atoms with E-state index in [1.165, 1.54) is 27.1 Å². The van der Waals surface area contributed by atoms with E-state index in [9.17, 15) is 0 Å². The van der Waals surface area contributed by atoms with Gasteiger partial charge in [0.05, 0.1) is 40.5 Å². The molecule has 3 heterocycles. The van der Waals surface area contributed by atoms with E-state index in [-0.39, 0.29) is 0 Å². The topological polar surface area (TPSA) is 34.0 Å². The summed E-state index contributed by atoms with van der Waals surface area (Å²) in [4.78, 5) is 12.2. The third-order valence-corrected chi connectivity index (χ3v) is 8.61. The van der Waals surface area contributed by atoms with Crippen LogP contribution in [0.1, 0.15) is 11.1 Å². The summed E-state index contributed by atoms with van der Waals surface area (Å²) in [6.45, 7) is 0. The van der Waals surface area contributed by atoms with E-state index in [0.29, 0.717) is 0 Å². The van der Waals surface area contributed by atoms with Crippen molar-refractivity contribution in [2.24, 2.45) is 0 Å². The molecular weight excluding hydrogens is 536 g/mol. The van der Waals surface area contributed by atoms with Gasteiger partial charge < -0.3 is 4.90 Å². The summed E-state index contributed by atoms with van der Waals surface area (Å²) in [6, 6.07) is 47.2. The Morgan fingerprint density at radius 2 is 1.34 bits per heavy atom. The SMILES string of the molecule is C1=Cc2c(ccc3c4ccccc4n(-c4cncc(-c5ccccc5)n4)c23)N(c2ccc3ccccc3c2)c2ccccc21. The maximum atomic E-state index is 5.17. The van der Waals surface area contributed by atoms with Gasteiger partial charge in [0.25, 0.3) is 0 Å². The lowest BCUT2D eigenvalue weighted by atomic mass is 10.0. The van der Waals surface area contributed by atoms with E-state index in [1.807, 2.05) is 30.6 Å². The molecule has 0 unspecified atom stereocenters. The largest absolute Gasteiger partial charge is 0.309 e. The molecule has 0 atom stereocenters. The third-order valence-electron chi connectivity index (χ3n) is 8.61. The number of rotatable bonds is 3. The van der Waals surface area contributed by atoms with Gasteiger partial charge in [-0.05, 0) is 46.7 Å². The smallest absolute Gasteiger partial charge is 0.156 e. The molecule has 0 bridgehead atoms. The molecular formula is C40H26N4. The molecule has 2 aromatic heterocycles. The zero-order valence-electron chi connectivity index (χ0n) is 23.8. The molecule has 0 fully saturated rings. The molecule has 0 aliphatic carbocycles. The van der Waals surface area contributed by atoms with Crippen LogP contribution in [0.25, 0.3) is 61.8 Å². The van der Waals surface area contributed by atoms with E-state index < -0.39 is 0 Å². The van der Waals surface area contributed by atoms with Gasteiger partial charge in [-0.15, -0.1) is 0 Å². The van der Waals surface area contributed by atoms with Gasteiger partial charge in [0.1, 0.15) is 0 Å². The summed E-state index contributed by atoms with van der Waals surface area (Å²) in [7, 11) is 0. The number of para-hydroxylation sites is 2. The number of benzene rings is 6. The molecule has 44 heavy (non-hydrogen) atoms. The highest BCUT2D eigenvalue weighted by Gasteiger charge is 2.25. The Hall–Kier alpha value is -6.00. The van der Waals surface area contributed by atoms with Crippen molar-refractivity contribution in [2.45, 2.75) is 0 Å². The molecule has 1 aliphatic rings. The number of anilines is 3. The van der Waals surface area contributed by atoms with Crippen molar-refractivity contribution in [3.63, 3.8) is 0 Å². The van der Waals surface area contributed by atoms with E-state index in [4.69, 9.17) is 4.98 Å². The molecule has 4 nitrogen and oxygen atoms in total. The normalized spacial score (nSPS) is 12.4. The fraction of sp³-hybridized carbons (Fsp3) is 0. The highest BCUT2D eigenvalue weighted by Crippen LogP contribution is 2.46. The molecule has 6 aromatic carbocycles. The second-order valence-corrected chi connectivity index (χ2v) is 11.1. The first-order valence-corrected chi connectivity index (χ1v) is 14.8. The Kier molecular flexibility index (Phi) is 5.47. The van der Waals surface area contributed by atoms with Crippen LogP contribution in [0.4, 0.5) is 17.1 Å². The van der Waals surface area contributed by atoms with Crippen molar-refractivity contribution in [2.75, 3.05) is 4.90 Å². The predicted octanol–water partition coefficient (Wildman–Crippen LogP) is 10.3. The van der Waals surface area contributed by atoms with Crippen LogP contribution in [-0.4, -0.2) is 14.5 Å². The standard InChI is InChI=1S/C40H26N4/c1-2-11-28(12-3-1)35-25-41-26-39(42-35)44-37-17-9-7-15-32(37)33-22-23-38-34(40(33)44)21-19-29-13-6-8-16-36(29)43(38)31-20-18-27-10-4-5-14-30(27)24-31/h1-26H. The summed E-state index contributed by atoms with van der Waals surface area (Å²) < 4.78 is 2.28. The minimum absolute atomic E-state index is 0.790. The van der Waals surface area contributed by atoms with Crippen LogP contribution in [0.5, 0.6) is 0 Å². The van der Waals surface area contributed by atoms with Gasteiger partial charge in [0.2, 0.25) is 0 Å². The van der Waals surface area contributed by atoms with E-state index in [0.717, 1.165) is 50.7 Å². The van der Waals surface area contributed by atoms with Crippen molar-refractivity contribution in [1.82, 2.24) is 14.5 Å². The maximum absolute atomic E-state index is 5.17. The molecule has 0 radical (unpaired) electrons. The van der Waals surface area contributed by atoms with Crippen LogP contribution in [0.15, 0.2) is 146 Å².